The summed E-state index contributed by atoms with van der Waals surface area (Å²) in [5.41, 5.74) is 2.72. The van der Waals surface area contributed by atoms with Crippen molar-refractivity contribution in [3.05, 3.63) is 133 Å². The lowest BCUT2D eigenvalue weighted by Gasteiger charge is -2.42. The van der Waals surface area contributed by atoms with Gasteiger partial charge in [-0.15, -0.1) is 0 Å². The highest BCUT2D eigenvalue weighted by molar-refractivity contribution is 5.74. The highest BCUT2D eigenvalue weighted by Crippen LogP contribution is 2.61. The lowest BCUT2D eigenvalue weighted by Crippen LogP contribution is -2.33. The van der Waals surface area contributed by atoms with Crippen LogP contribution in [0.3, 0.4) is 0 Å². The topological polar surface area (TPSA) is 0 Å². The Balaban J connectivity index is 1.38. The Bertz CT molecular complexity index is 676. The standard InChI is InChI=1S/C24H16/c1-3-15-7-11-19(21-13-9-17(5-1)23(15)21)20-12-8-16-4-2-6-18-10-14-22(20)24(16)18/h1-14,19-20H. The lowest BCUT2D eigenvalue weighted by atomic mass is 9.60. The Morgan fingerprint density at radius 2 is 1.04 bits per heavy atom. The summed E-state index contributed by atoms with van der Waals surface area (Å²) in [4.78, 5) is 0. The molecule has 0 heterocycles. The molecule has 112 valence electrons. The van der Waals surface area contributed by atoms with E-state index in [0.29, 0.717) is 11.8 Å². The van der Waals surface area contributed by atoms with Crippen molar-refractivity contribution in [2.24, 2.45) is 11.8 Å². The molecule has 2 saturated carbocycles. The van der Waals surface area contributed by atoms with Gasteiger partial charge in [0.25, 0.3) is 0 Å². The molecule has 2 unspecified atom stereocenters. The fraction of sp³-hybridized carbons (Fsp3) is 0.0833. The second-order valence-electron chi connectivity index (χ2n) is 6.97. The smallest absolute Gasteiger partial charge is 0.0238 e. The zero-order valence-electron chi connectivity index (χ0n) is 13.2. The third-order valence-corrected chi connectivity index (χ3v) is 5.79. The van der Waals surface area contributed by atoms with E-state index in [1.165, 1.54) is 46.7 Å². The van der Waals surface area contributed by atoms with Gasteiger partial charge in [-0.1, -0.05) is 60.8 Å². The van der Waals surface area contributed by atoms with Crippen molar-refractivity contribution in [1.82, 2.24) is 0 Å². The van der Waals surface area contributed by atoms with E-state index < -0.39 is 0 Å². The molecule has 24 heavy (non-hydrogen) atoms. The van der Waals surface area contributed by atoms with Gasteiger partial charge in [-0.3, -0.25) is 0 Å². The molecule has 0 aliphatic heterocycles. The minimum absolute atomic E-state index is 0.424. The first-order valence-electron chi connectivity index (χ1n) is 8.63. The summed E-state index contributed by atoms with van der Waals surface area (Å²) in [6, 6.07) is 0. The summed E-state index contributed by atoms with van der Waals surface area (Å²) in [6.45, 7) is 0. The largest absolute Gasteiger partial charge is 0.0799 e. The van der Waals surface area contributed by atoms with Crippen LogP contribution in [0.15, 0.2) is 71.9 Å². The first kappa shape index (κ1) is 13.7. The monoisotopic (exact) mass is 304 g/mol. The van der Waals surface area contributed by atoms with Crippen molar-refractivity contribution >= 4 is 0 Å². The molecular formula is C24H16. The van der Waals surface area contributed by atoms with Crippen LogP contribution in [0.4, 0.5) is 0 Å². The summed E-state index contributed by atoms with van der Waals surface area (Å²) in [5, 5.41) is 0. The lowest BCUT2D eigenvalue weighted by molar-refractivity contribution is 0.512. The van der Waals surface area contributed by atoms with Crippen LogP contribution in [-0.4, -0.2) is 0 Å². The number of allylic oxidation sites excluding steroid dienone is 12. The summed E-state index contributed by atoms with van der Waals surface area (Å²) in [7, 11) is 0. The van der Waals surface area contributed by atoms with Gasteiger partial charge < -0.3 is 0 Å². The van der Waals surface area contributed by atoms with Gasteiger partial charge in [0, 0.05) is 23.7 Å². The van der Waals surface area contributed by atoms with E-state index in [1.807, 2.05) is 0 Å². The Morgan fingerprint density at radius 3 is 1.54 bits per heavy atom. The molecule has 10 radical (unpaired) electrons. The van der Waals surface area contributed by atoms with Crippen molar-refractivity contribution in [2.45, 2.75) is 0 Å². The molecular weight excluding hydrogens is 288 g/mol. The van der Waals surface area contributed by atoms with Crippen LogP contribution < -0.4 is 0 Å². The molecule has 0 aromatic heterocycles. The van der Waals surface area contributed by atoms with Gasteiger partial charge in [0.1, 0.15) is 0 Å². The first-order valence-corrected chi connectivity index (χ1v) is 8.63. The van der Waals surface area contributed by atoms with E-state index in [9.17, 15) is 0 Å². The fourth-order valence-corrected chi connectivity index (χ4v) is 4.73. The molecule has 6 rings (SSSR count). The van der Waals surface area contributed by atoms with Gasteiger partial charge in [0.15, 0.2) is 0 Å². The van der Waals surface area contributed by atoms with Gasteiger partial charge in [-0.05, 0) is 60.5 Å². The van der Waals surface area contributed by atoms with Crippen LogP contribution in [0, 0.1) is 73.0 Å². The maximum atomic E-state index is 2.40. The highest BCUT2D eigenvalue weighted by atomic mass is 14.5. The highest BCUT2D eigenvalue weighted by Gasteiger charge is 2.51. The maximum absolute atomic E-state index is 2.40. The molecule has 0 bridgehead atoms. The quantitative estimate of drug-likeness (QED) is 0.662. The van der Waals surface area contributed by atoms with E-state index in [0.717, 1.165) is 0 Å². The summed E-state index contributed by atoms with van der Waals surface area (Å²) >= 11 is 0. The Kier molecular flexibility index (Phi) is 2.84. The number of hydrogen-bond acceptors (Lipinski definition) is 0. The van der Waals surface area contributed by atoms with E-state index >= 15 is 0 Å². The van der Waals surface area contributed by atoms with Gasteiger partial charge in [-0.25, -0.2) is 0 Å². The van der Waals surface area contributed by atoms with Crippen LogP contribution >= 0.6 is 0 Å². The minimum atomic E-state index is 0.424. The maximum Gasteiger partial charge on any atom is 0.0238 e. The van der Waals surface area contributed by atoms with Gasteiger partial charge in [0.05, 0.1) is 0 Å². The van der Waals surface area contributed by atoms with Crippen LogP contribution in [0.1, 0.15) is 0 Å². The normalized spacial score (nSPS) is 36.2. The third-order valence-electron chi connectivity index (χ3n) is 5.79. The molecule has 0 nitrogen and oxygen atoms in total. The molecule has 0 aromatic rings. The zero-order chi connectivity index (χ0) is 15.7. The molecule has 2 atom stereocenters. The van der Waals surface area contributed by atoms with Crippen molar-refractivity contribution < 1.29 is 0 Å². The first-order chi connectivity index (χ1) is 11.9. The average molecular weight is 304 g/mol. The van der Waals surface area contributed by atoms with E-state index in [-0.39, 0.29) is 0 Å². The molecule has 2 fully saturated rings. The minimum Gasteiger partial charge on any atom is -0.0799 e. The van der Waals surface area contributed by atoms with Crippen LogP contribution in [0.5, 0.6) is 0 Å². The average Bonchev–Trinajstić information content (AvgIpc) is 3.24. The Morgan fingerprint density at radius 1 is 0.542 bits per heavy atom. The zero-order valence-corrected chi connectivity index (χ0v) is 13.2. The third kappa shape index (κ3) is 1.75. The van der Waals surface area contributed by atoms with E-state index in [1.54, 1.807) is 0 Å². The molecule has 0 heteroatoms. The van der Waals surface area contributed by atoms with Crippen molar-refractivity contribution in [1.29, 1.82) is 0 Å². The van der Waals surface area contributed by atoms with Gasteiger partial charge in [0.2, 0.25) is 0 Å². The molecule has 6 aliphatic rings. The Hall–Kier alpha value is -1.56. The summed E-state index contributed by atoms with van der Waals surface area (Å²) in [5.74, 6) is 9.42. The van der Waals surface area contributed by atoms with Crippen molar-refractivity contribution in [3.63, 3.8) is 0 Å². The second-order valence-corrected chi connectivity index (χ2v) is 6.97. The van der Waals surface area contributed by atoms with Crippen LogP contribution in [0.2, 0.25) is 0 Å². The molecule has 0 N–H and O–H groups in total. The molecule has 0 aromatic carbocycles. The predicted octanol–water partition coefficient (Wildman–Crippen LogP) is 4.64. The van der Waals surface area contributed by atoms with Crippen molar-refractivity contribution in [2.75, 3.05) is 0 Å². The van der Waals surface area contributed by atoms with Crippen LogP contribution in [-0.2, 0) is 0 Å². The molecule has 0 saturated heterocycles. The molecule has 0 spiro atoms. The van der Waals surface area contributed by atoms with Crippen LogP contribution in [0.25, 0.3) is 0 Å². The fourth-order valence-electron chi connectivity index (χ4n) is 4.73. The van der Waals surface area contributed by atoms with E-state index in [2.05, 4.69) is 86.4 Å². The van der Waals surface area contributed by atoms with Gasteiger partial charge >= 0.3 is 0 Å². The van der Waals surface area contributed by atoms with Crippen molar-refractivity contribution in [3.8, 4) is 0 Å². The van der Waals surface area contributed by atoms with E-state index in [4.69, 9.17) is 0 Å². The SMILES string of the molecule is [CH]1[CH][C]2[C]3[C]1C=CC=C3C=CC2C1C=CC2=CC=C[C]3[CH][CH][C]1[C]32. The predicted molar refractivity (Wildman–Crippen MR) is 96.4 cm³/mol. The Labute approximate surface area is 145 Å². The molecule has 0 amide bonds. The molecule has 6 aliphatic carbocycles. The van der Waals surface area contributed by atoms with Gasteiger partial charge in [-0.2, -0.15) is 0 Å². The second kappa shape index (κ2) is 4.97. The summed E-state index contributed by atoms with van der Waals surface area (Å²) < 4.78 is 0. The summed E-state index contributed by atoms with van der Waals surface area (Å²) in [6.07, 6.45) is 31.9. The number of hydrogen-bond donors (Lipinski definition) is 0. The number of rotatable bonds is 1.